The topological polar surface area (TPSA) is 73.6 Å². The van der Waals surface area contributed by atoms with E-state index in [-0.39, 0.29) is 18.1 Å². The van der Waals surface area contributed by atoms with Crippen LogP contribution < -0.4 is 14.8 Å². The van der Waals surface area contributed by atoms with Crippen molar-refractivity contribution in [3.63, 3.8) is 0 Å². The highest BCUT2D eigenvalue weighted by Crippen LogP contribution is 2.30. The first-order valence-corrected chi connectivity index (χ1v) is 8.21. The zero-order chi connectivity index (χ0) is 18.5. The van der Waals surface area contributed by atoms with E-state index < -0.39 is 0 Å². The third kappa shape index (κ3) is 3.81. The lowest BCUT2D eigenvalue weighted by Crippen LogP contribution is -2.23. The second-order valence-corrected chi connectivity index (χ2v) is 5.86. The van der Waals surface area contributed by atoms with Crippen molar-refractivity contribution in [2.24, 2.45) is 0 Å². The van der Waals surface area contributed by atoms with Crippen molar-refractivity contribution < 1.29 is 18.8 Å². The Morgan fingerprint density at radius 1 is 1.15 bits per heavy atom. The summed E-state index contributed by atoms with van der Waals surface area (Å²) in [6.07, 6.45) is 0. The number of ether oxygens (including phenoxy) is 2. The number of rotatable bonds is 6. The van der Waals surface area contributed by atoms with E-state index in [1.54, 1.807) is 44.6 Å². The molecule has 26 heavy (non-hydrogen) atoms. The Morgan fingerprint density at radius 3 is 2.69 bits per heavy atom. The molecule has 3 aromatic rings. The van der Waals surface area contributed by atoms with Gasteiger partial charge in [0, 0.05) is 28.8 Å². The Kier molecular flexibility index (Phi) is 5.43. The van der Waals surface area contributed by atoms with Crippen molar-refractivity contribution in [1.29, 1.82) is 0 Å². The SMILES string of the molecule is COc1cccc(CNC(=O)c2cc(-c3cccc(Cl)c3)on2)c1OC. The van der Waals surface area contributed by atoms with Gasteiger partial charge < -0.3 is 19.3 Å². The summed E-state index contributed by atoms with van der Waals surface area (Å²) in [6, 6.07) is 14.2. The van der Waals surface area contributed by atoms with E-state index in [9.17, 15) is 4.79 Å². The molecule has 1 heterocycles. The maximum atomic E-state index is 12.4. The van der Waals surface area contributed by atoms with Crippen LogP contribution in [0.5, 0.6) is 11.5 Å². The molecular weight excluding hydrogens is 356 g/mol. The summed E-state index contributed by atoms with van der Waals surface area (Å²) in [5.41, 5.74) is 1.72. The molecule has 134 valence electrons. The van der Waals surface area contributed by atoms with Crippen LogP contribution in [-0.2, 0) is 6.54 Å². The minimum atomic E-state index is -0.355. The van der Waals surface area contributed by atoms with E-state index in [0.29, 0.717) is 22.3 Å². The van der Waals surface area contributed by atoms with E-state index in [4.69, 9.17) is 25.6 Å². The molecule has 6 nitrogen and oxygen atoms in total. The lowest BCUT2D eigenvalue weighted by atomic mass is 10.1. The third-order valence-corrected chi connectivity index (χ3v) is 4.01. The van der Waals surface area contributed by atoms with Gasteiger partial charge in [-0.3, -0.25) is 4.79 Å². The molecule has 1 amide bonds. The maximum absolute atomic E-state index is 12.4. The summed E-state index contributed by atoms with van der Waals surface area (Å²) in [4.78, 5) is 12.4. The molecule has 0 unspecified atom stereocenters. The number of carbonyl (C=O) groups is 1. The van der Waals surface area contributed by atoms with Gasteiger partial charge in [0.25, 0.3) is 5.91 Å². The summed E-state index contributed by atoms with van der Waals surface area (Å²) in [5.74, 6) is 1.29. The molecule has 7 heteroatoms. The Bertz CT molecular complexity index is 923. The van der Waals surface area contributed by atoms with Crippen molar-refractivity contribution in [3.8, 4) is 22.8 Å². The van der Waals surface area contributed by atoms with Crippen molar-refractivity contribution in [2.75, 3.05) is 14.2 Å². The molecule has 0 saturated carbocycles. The highest BCUT2D eigenvalue weighted by Gasteiger charge is 2.15. The number of nitrogens with one attached hydrogen (secondary N) is 1. The molecule has 0 aliphatic heterocycles. The monoisotopic (exact) mass is 372 g/mol. The van der Waals surface area contributed by atoms with Gasteiger partial charge in [-0.05, 0) is 18.2 Å². The average Bonchev–Trinajstić information content (AvgIpc) is 3.16. The number of aromatic nitrogens is 1. The van der Waals surface area contributed by atoms with Gasteiger partial charge in [0.1, 0.15) is 0 Å². The van der Waals surface area contributed by atoms with E-state index in [2.05, 4.69) is 10.5 Å². The number of halogens is 1. The molecule has 0 radical (unpaired) electrons. The second-order valence-electron chi connectivity index (χ2n) is 5.42. The van der Waals surface area contributed by atoms with Crippen LogP contribution in [0.4, 0.5) is 0 Å². The van der Waals surface area contributed by atoms with Crippen molar-refractivity contribution >= 4 is 17.5 Å². The van der Waals surface area contributed by atoms with E-state index in [0.717, 1.165) is 11.1 Å². The van der Waals surface area contributed by atoms with Crippen LogP contribution in [0.25, 0.3) is 11.3 Å². The van der Waals surface area contributed by atoms with Crippen molar-refractivity contribution in [3.05, 3.63) is 64.8 Å². The quantitative estimate of drug-likeness (QED) is 0.709. The molecule has 0 atom stereocenters. The van der Waals surface area contributed by atoms with Gasteiger partial charge in [-0.15, -0.1) is 0 Å². The number of amides is 1. The van der Waals surface area contributed by atoms with Crippen LogP contribution >= 0.6 is 11.6 Å². The molecule has 1 N–H and O–H groups in total. The molecule has 0 saturated heterocycles. The number of benzene rings is 2. The summed E-state index contributed by atoms with van der Waals surface area (Å²) >= 11 is 5.97. The lowest BCUT2D eigenvalue weighted by Gasteiger charge is -2.12. The highest BCUT2D eigenvalue weighted by atomic mass is 35.5. The minimum Gasteiger partial charge on any atom is -0.493 e. The van der Waals surface area contributed by atoms with Crippen LogP contribution in [0.2, 0.25) is 5.02 Å². The fourth-order valence-corrected chi connectivity index (χ4v) is 2.71. The number of para-hydroxylation sites is 1. The Morgan fingerprint density at radius 2 is 1.96 bits per heavy atom. The normalized spacial score (nSPS) is 10.4. The van der Waals surface area contributed by atoms with E-state index in [1.807, 2.05) is 18.2 Å². The van der Waals surface area contributed by atoms with Crippen LogP contribution in [0.3, 0.4) is 0 Å². The Hall–Kier alpha value is -2.99. The fraction of sp³-hybridized carbons (Fsp3) is 0.158. The summed E-state index contributed by atoms with van der Waals surface area (Å²) in [5, 5.41) is 7.20. The largest absolute Gasteiger partial charge is 0.493 e. The van der Waals surface area contributed by atoms with Gasteiger partial charge in [0.15, 0.2) is 23.0 Å². The van der Waals surface area contributed by atoms with Gasteiger partial charge in [-0.2, -0.15) is 0 Å². The van der Waals surface area contributed by atoms with Gasteiger partial charge in [-0.1, -0.05) is 41.0 Å². The molecule has 3 rings (SSSR count). The molecule has 1 aromatic heterocycles. The summed E-state index contributed by atoms with van der Waals surface area (Å²) in [7, 11) is 3.12. The molecule has 0 aliphatic rings. The molecular formula is C19H17ClN2O4. The number of methoxy groups -OCH3 is 2. The molecule has 0 fully saturated rings. The number of carbonyl (C=O) groups excluding carboxylic acids is 1. The smallest absolute Gasteiger partial charge is 0.273 e. The Labute approximate surface area is 155 Å². The molecule has 2 aromatic carbocycles. The predicted octanol–water partition coefficient (Wildman–Crippen LogP) is 3.94. The molecule has 0 bridgehead atoms. The third-order valence-electron chi connectivity index (χ3n) is 3.78. The van der Waals surface area contributed by atoms with Crippen LogP contribution in [0.1, 0.15) is 16.1 Å². The highest BCUT2D eigenvalue weighted by molar-refractivity contribution is 6.30. The zero-order valence-electron chi connectivity index (χ0n) is 14.3. The minimum absolute atomic E-state index is 0.182. The zero-order valence-corrected chi connectivity index (χ0v) is 15.0. The number of hydrogen-bond donors (Lipinski definition) is 1. The number of nitrogens with zero attached hydrogens (tertiary/aromatic N) is 1. The van der Waals surface area contributed by atoms with Gasteiger partial charge in [-0.25, -0.2) is 0 Å². The van der Waals surface area contributed by atoms with Crippen LogP contribution in [0, 0.1) is 0 Å². The first-order chi connectivity index (χ1) is 12.6. The number of hydrogen-bond acceptors (Lipinski definition) is 5. The second kappa shape index (κ2) is 7.93. The Balaban J connectivity index is 1.72. The fourth-order valence-electron chi connectivity index (χ4n) is 2.52. The van der Waals surface area contributed by atoms with Gasteiger partial charge >= 0.3 is 0 Å². The van der Waals surface area contributed by atoms with E-state index >= 15 is 0 Å². The first-order valence-electron chi connectivity index (χ1n) is 7.83. The maximum Gasteiger partial charge on any atom is 0.273 e. The van der Waals surface area contributed by atoms with Crippen molar-refractivity contribution in [1.82, 2.24) is 10.5 Å². The summed E-state index contributed by atoms with van der Waals surface area (Å²) in [6.45, 7) is 0.262. The molecule has 0 aliphatic carbocycles. The van der Waals surface area contributed by atoms with Crippen LogP contribution in [-0.4, -0.2) is 25.3 Å². The van der Waals surface area contributed by atoms with Crippen molar-refractivity contribution in [2.45, 2.75) is 6.54 Å². The lowest BCUT2D eigenvalue weighted by molar-refractivity contribution is 0.0941. The average molecular weight is 373 g/mol. The summed E-state index contributed by atoms with van der Waals surface area (Å²) < 4.78 is 15.9. The molecule has 0 spiro atoms. The standard InChI is InChI=1S/C19H17ClN2O4/c1-24-16-8-4-6-13(18(16)25-2)11-21-19(23)15-10-17(26-22-15)12-5-3-7-14(20)9-12/h3-10H,11H2,1-2H3,(H,21,23). The van der Waals surface area contributed by atoms with Gasteiger partial charge in [0.2, 0.25) is 0 Å². The van der Waals surface area contributed by atoms with Gasteiger partial charge in [0.05, 0.1) is 14.2 Å². The van der Waals surface area contributed by atoms with E-state index in [1.165, 1.54) is 0 Å². The predicted molar refractivity (Wildman–Crippen MR) is 97.7 cm³/mol. The first kappa shape index (κ1) is 17.8. The van der Waals surface area contributed by atoms with Crippen LogP contribution in [0.15, 0.2) is 53.1 Å².